The van der Waals surface area contributed by atoms with Crippen LogP contribution in [0.4, 0.5) is 0 Å². The molecule has 0 fully saturated rings. The summed E-state index contributed by atoms with van der Waals surface area (Å²) >= 11 is 0. The summed E-state index contributed by atoms with van der Waals surface area (Å²) < 4.78 is 0. The molecule has 17 heavy (non-hydrogen) atoms. The Bertz CT molecular complexity index is 388. The highest BCUT2D eigenvalue weighted by atomic mass is 16.3. The van der Waals surface area contributed by atoms with E-state index in [1.807, 2.05) is 61.6 Å². The van der Waals surface area contributed by atoms with Crippen LogP contribution >= 0.6 is 0 Å². The highest BCUT2D eigenvalue weighted by molar-refractivity contribution is 5.61. The van der Waals surface area contributed by atoms with Gasteiger partial charge < -0.3 is 10.0 Å². The topological polar surface area (TPSA) is 23.5 Å². The standard InChI is InChI=1S/C15H21NO/c1-4-5-6-15(17)14-9-7-13(8-10-14)11-12-16(2)3/h6-12,17H,4-5H2,1-3H3. The van der Waals surface area contributed by atoms with Gasteiger partial charge >= 0.3 is 0 Å². The van der Waals surface area contributed by atoms with Crippen LogP contribution in [0.5, 0.6) is 0 Å². The van der Waals surface area contributed by atoms with Gasteiger partial charge in [0.05, 0.1) is 0 Å². The maximum absolute atomic E-state index is 9.80. The highest BCUT2D eigenvalue weighted by Gasteiger charge is 1.97. The number of nitrogens with zero attached hydrogens (tertiary/aromatic N) is 1. The number of rotatable bonds is 5. The molecule has 0 saturated heterocycles. The fourth-order valence-electron chi connectivity index (χ4n) is 1.40. The Morgan fingerprint density at radius 2 is 1.88 bits per heavy atom. The molecule has 1 rings (SSSR count). The van der Waals surface area contributed by atoms with Crippen LogP contribution in [-0.4, -0.2) is 24.1 Å². The molecule has 0 aliphatic carbocycles. The molecule has 0 atom stereocenters. The van der Waals surface area contributed by atoms with Crippen LogP contribution in [-0.2, 0) is 0 Å². The van der Waals surface area contributed by atoms with Gasteiger partial charge in [-0.25, -0.2) is 0 Å². The smallest absolute Gasteiger partial charge is 0.118 e. The first-order valence-electron chi connectivity index (χ1n) is 5.97. The summed E-state index contributed by atoms with van der Waals surface area (Å²) in [7, 11) is 3.98. The highest BCUT2D eigenvalue weighted by Crippen LogP contribution is 2.14. The number of benzene rings is 1. The second kappa shape index (κ2) is 6.79. The Morgan fingerprint density at radius 1 is 1.24 bits per heavy atom. The maximum atomic E-state index is 9.80. The average Bonchev–Trinajstić information content (AvgIpc) is 2.34. The first kappa shape index (κ1) is 13.4. The SMILES string of the molecule is CCCC=C(O)c1ccc(C=CN(C)C)cc1. The third-order valence-corrected chi connectivity index (χ3v) is 2.40. The van der Waals surface area contributed by atoms with Crippen molar-refractivity contribution in [2.24, 2.45) is 0 Å². The minimum absolute atomic E-state index is 0.370. The molecule has 0 unspecified atom stereocenters. The van der Waals surface area contributed by atoms with Crippen molar-refractivity contribution in [2.45, 2.75) is 19.8 Å². The van der Waals surface area contributed by atoms with Gasteiger partial charge in [-0.05, 0) is 30.3 Å². The van der Waals surface area contributed by atoms with Crippen molar-refractivity contribution >= 4 is 11.8 Å². The zero-order valence-electron chi connectivity index (χ0n) is 10.9. The van der Waals surface area contributed by atoms with Crippen LogP contribution in [0.15, 0.2) is 36.5 Å². The summed E-state index contributed by atoms with van der Waals surface area (Å²) in [4.78, 5) is 1.99. The van der Waals surface area contributed by atoms with Crippen molar-refractivity contribution < 1.29 is 5.11 Å². The number of hydrogen-bond acceptors (Lipinski definition) is 2. The average molecular weight is 231 g/mol. The molecule has 0 bridgehead atoms. The minimum Gasteiger partial charge on any atom is -0.508 e. The minimum atomic E-state index is 0.370. The fourth-order valence-corrected chi connectivity index (χ4v) is 1.40. The molecule has 0 aromatic heterocycles. The predicted octanol–water partition coefficient (Wildman–Crippen LogP) is 3.92. The summed E-state index contributed by atoms with van der Waals surface area (Å²) in [6, 6.07) is 7.89. The van der Waals surface area contributed by atoms with Gasteiger partial charge in [0.15, 0.2) is 0 Å². The van der Waals surface area contributed by atoms with Gasteiger partial charge in [-0.1, -0.05) is 37.6 Å². The van der Waals surface area contributed by atoms with Crippen LogP contribution in [0.25, 0.3) is 11.8 Å². The second-order valence-electron chi connectivity index (χ2n) is 4.28. The second-order valence-corrected chi connectivity index (χ2v) is 4.28. The lowest BCUT2D eigenvalue weighted by Gasteiger charge is -2.04. The fraction of sp³-hybridized carbons (Fsp3) is 0.333. The monoisotopic (exact) mass is 231 g/mol. The lowest BCUT2D eigenvalue weighted by Crippen LogP contribution is -1.99. The van der Waals surface area contributed by atoms with E-state index in [4.69, 9.17) is 0 Å². The lowest BCUT2D eigenvalue weighted by atomic mass is 10.1. The van der Waals surface area contributed by atoms with E-state index in [1.165, 1.54) is 0 Å². The summed E-state index contributed by atoms with van der Waals surface area (Å²) in [5, 5.41) is 9.80. The number of unbranched alkanes of at least 4 members (excludes halogenated alkanes) is 1. The van der Waals surface area contributed by atoms with E-state index in [0.717, 1.165) is 24.0 Å². The Morgan fingerprint density at radius 3 is 2.41 bits per heavy atom. The number of aliphatic hydroxyl groups excluding tert-OH is 1. The number of allylic oxidation sites excluding steroid dienone is 1. The van der Waals surface area contributed by atoms with Gasteiger partial charge in [0.25, 0.3) is 0 Å². The molecule has 0 heterocycles. The Kier molecular flexibility index (Phi) is 5.34. The van der Waals surface area contributed by atoms with Crippen LogP contribution in [0.1, 0.15) is 30.9 Å². The van der Waals surface area contributed by atoms with Gasteiger partial charge in [0, 0.05) is 19.7 Å². The van der Waals surface area contributed by atoms with Gasteiger partial charge in [0.2, 0.25) is 0 Å². The predicted molar refractivity (Wildman–Crippen MR) is 74.7 cm³/mol. The van der Waals surface area contributed by atoms with E-state index >= 15 is 0 Å². The Balaban J connectivity index is 2.74. The van der Waals surface area contributed by atoms with Gasteiger partial charge in [0.1, 0.15) is 5.76 Å². The van der Waals surface area contributed by atoms with E-state index in [1.54, 1.807) is 0 Å². The Hall–Kier alpha value is -1.70. The first-order chi connectivity index (χ1) is 8.13. The molecular formula is C15H21NO. The zero-order chi connectivity index (χ0) is 12.7. The molecule has 1 N–H and O–H groups in total. The molecule has 0 spiro atoms. The van der Waals surface area contributed by atoms with Crippen LogP contribution in [0, 0.1) is 0 Å². The third kappa shape index (κ3) is 4.77. The summed E-state index contributed by atoms with van der Waals surface area (Å²) in [5.41, 5.74) is 2.01. The molecule has 0 radical (unpaired) electrons. The van der Waals surface area contributed by atoms with Gasteiger partial charge in [-0.2, -0.15) is 0 Å². The van der Waals surface area contributed by atoms with Crippen molar-refractivity contribution in [1.29, 1.82) is 0 Å². The van der Waals surface area contributed by atoms with Crippen molar-refractivity contribution in [3.05, 3.63) is 47.7 Å². The van der Waals surface area contributed by atoms with Crippen molar-refractivity contribution in [2.75, 3.05) is 14.1 Å². The van der Waals surface area contributed by atoms with Crippen molar-refractivity contribution in [3.8, 4) is 0 Å². The first-order valence-corrected chi connectivity index (χ1v) is 5.97. The summed E-state index contributed by atoms with van der Waals surface area (Å²) in [5.74, 6) is 0.370. The Labute approximate surface area is 104 Å². The number of aliphatic hydroxyl groups is 1. The van der Waals surface area contributed by atoms with Gasteiger partial charge in [-0.3, -0.25) is 0 Å². The normalized spacial score (nSPS) is 12.1. The van der Waals surface area contributed by atoms with Crippen molar-refractivity contribution in [3.63, 3.8) is 0 Å². The molecule has 1 aromatic rings. The molecule has 2 heteroatoms. The molecule has 0 aliphatic rings. The van der Waals surface area contributed by atoms with Crippen LogP contribution in [0.2, 0.25) is 0 Å². The van der Waals surface area contributed by atoms with E-state index < -0.39 is 0 Å². The maximum Gasteiger partial charge on any atom is 0.118 e. The van der Waals surface area contributed by atoms with Crippen LogP contribution in [0.3, 0.4) is 0 Å². The van der Waals surface area contributed by atoms with E-state index in [0.29, 0.717) is 5.76 Å². The van der Waals surface area contributed by atoms with E-state index in [-0.39, 0.29) is 0 Å². The largest absolute Gasteiger partial charge is 0.508 e. The van der Waals surface area contributed by atoms with Crippen molar-refractivity contribution in [1.82, 2.24) is 4.90 Å². The molecular weight excluding hydrogens is 210 g/mol. The lowest BCUT2D eigenvalue weighted by molar-refractivity contribution is 0.509. The van der Waals surface area contributed by atoms with Crippen LogP contribution < -0.4 is 0 Å². The zero-order valence-corrected chi connectivity index (χ0v) is 10.9. The number of hydrogen-bond donors (Lipinski definition) is 1. The molecule has 0 saturated carbocycles. The summed E-state index contributed by atoms with van der Waals surface area (Å²) in [6.45, 7) is 2.10. The van der Waals surface area contributed by atoms with E-state index in [2.05, 4.69) is 6.92 Å². The quantitative estimate of drug-likeness (QED) is 0.776. The van der Waals surface area contributed by atoms with Gasteiger partial charge in [-0.15, -0.1) is 0 Å². The molecule has 0 amide bonds. The molecule has 2 nitrogen and oxygen atoms in total. The summed E-state index contributed by atoms with van der Waals surface area (Å²) in [6.07, 6.45) is 7.87. The molecule has 0 aliphatic heterocycles. The molecule has 1 aromatic carbocycles. The van der Waals surface area contributed by atoms with E-state index in [9.17, 15) is 5.11 Å². The third-order valence-electron chi connectivity index (χ3n) is 2.40. The molecule has 92 valence electrons.